The molecule has 0 saturated heterocycles. The van der Waals surface area contributed by atoms with E-state index in [0.717, 1.165) is 11.8 Å². The summed E-state index contributed by atoms with van der Waals surface area (Å²) in [6.45, 7) is -5.07. The SMILES string of the molecule is [2H]C([2H])([2H])c1cnnc(C(N)=O)c1Nc1cccc2c1N(C([2H])([2H])[2H])Cc1cn(C)nc1-2. The minimum Gasteiger partial charge on any atom is -0.368 e. The molecule has 8 heteroatoms. The zero-order valence-electron chi connectivity index (χ0n) is 19.8. The van der Waals surface area contributed by atoms with Gasteiger partial charge in [0.15, 0.2) is 5.69 Å². The van der Waals surface area contributed by atoms with Crippen LogP contribution in [0.1, 0.15) is 29.8 Å². The van der Waals surface area contributed by atoms with Crippen molar-refractivity contribution in [3.8, 4) is 11.3 Å². The van der Waals surface area contributed by atoms with Crippen molar-refractivity contribution in [2.45, 2.75) is 13.4 Å². The Balaban J connectivity index is 1.95. The van der Waals surface area contributed by atoms with Crippen LogP contribution in [0.25, 0.3) is 11.3 Å². The first-order valence-electron chi connectivity index (χ1n) is 10.7. The third-order valence-electron chi connectivity index (χ3n) is 4.14. The van der Waals surface area contributed by atoms with Crippen LogP contribution in [-0.2, 0) is 13.6 Å². The number of benzene rings is 1. The van der Waals surface area contributed by atoms with Gasteiger partial charge in [0, 0.05) is 46.1 Å². The van der Waals surface area contributed by atoms with Crippen LogP contribution in [0.5, 0.6) is 0 Å². The van der Waals surface area contributed by atoms with Gasteiger partial charge in [0.05, 0.1) is 29.0 Å². The molecule has 1 aliphatic rings. The number of aryl methyl sites for hydroxylation is 2. The number of fused-ring (bicyclic) bond motifs is 3. The molecule has 0 unspecified atom stereocenters. The molecular formula is C18H19N7O. The molecule has 0 aliphatic carbocycles. The fourth-order valence-electron chi connectivity index (χ4n) is 3.08. The summed E-state index contributed by atoms with van der Waals surface area (Å²) in [4.78, 5) is 13.2. The van der Waals surface area contributed by atoms with Crippen molar-refractivity contribution >= 4 is 23.0 Å². The molecule has 4 rings (SSSR count). The van der Waals surface area contributed by atoms with Crippen molar-refractivity contribution in [3.63, 3.8) is 0 Å². The van der Waals surface area contributed by atoms with E-state index in [1.807, 2.05) is 0 Å². The van der Waals surface area contributed by atoms with Crippen molar-refractivity contribution in [2.75, 3.05) is 17.2 Å². The summed E-state index contributed by atoms with van der Waals surface area (Å²) in [6.07, 6.45) is 2.78. The topological polar surface area (TPSA) is 102 Å². The summed E-state index contributed by atoms with van der Waals surface area (Å²) in [6, 6.07) is 4.99. The first kappa shape index (κ1) is 10.5. The minimum atomic E-state index is -2.63. The number of para-hydroxylation sites is 1. The Kier molecular flexibility index (Phi) is 2.37. The van der Waals surface area contributed by atoms with Crippen LogP contribution in [0.15, 0.2) is 30.6 Å². The number of carbonyl (C=O) groups is 1. The molecule has 0 atom stereocenters. The lowest BCUT2D eigenvalue weighted by atomic mass is 9.99. The first-order valence-corrected chi connectivity index (χ1v) is 7.74. The van der Waals surface area contributed by atoms with Crippen LogP contribution in [0, 0.1) is 6.85 Å². The Labute approximate surface area is 159 Å². The number of anilines is 3. The lowest BCUT2D eigenvalue weighted by molar-refractivity contribution is 0.0995. The third-order valence-corrected chi connectivity index (χ3v) is 4.14. The van der Waals surface area contributed by atoms with E-state index >= 15 is 0 Å². The average Bonchev–Trinajstić information content (AvgIpc) is 3.06. The summed E-state index contributed by atoms with van der Waals surface area (Å²) in [7, 11) is 1.74. The number of nitrogens with two attached hydrogens (primary N) is 1. The number of hydrogen-bond donors (Lipinski definition) is 2. The Morgan fingerprint density at radius 3 is 3.08 bits per heavy atom. The highest BCUT2D eigenvalue weighted by Gasteiger charge is 2.26. The largest absolute Gasteiger partial charge is 0.368 e. The van der Waals surface area contributed by atoms with Gasteiger partial charge in [-0.15, -0.1) is 5.10 Å². The summed E-state index contributed by atoms with van der Waals surface area (Å²) in [5, 5.41) is 14.6. The minimum absolute atomic E-state index is 0.0643. The van der Waals surface area contributed by atoms with E-state index < -0.39 is 19.7 Å². The molecule has 0 saturated carbocycles. The number of nitrogens with one attached hydrogen (secondary N) is 1. The fourth-order valence-corrected chi connectivity index (χ4v) is 3.08. The van der Waals surface area contributed by atoms with Crippen molar-refractivity contribution in [2.24, 2.45) is 12.8 Å². The highest BCUT2D eigenvalue weighted by atomic mass is 16.1. The maximum Gasteiger partial charge on any atom is 0.271 e. The van der Waals surface area contributed by atoms with E-state index in [1.54, 1.807) is 36.1 Å². The van der Waals surface area contributed by atoms with Gasteiger partial charge in [0.25, 0.3) is 5.91 Å². The van der Waals surface area contributed by atoms with Crippen molar-refractivity contribution < 1.29 is 13.0 Å². The van der Waals surface area contributed by atoms with Gasteiger partial charge in [-0.1, -0.05) is 12.1 Å². The standard InChI is InChI=1S/C18H19N7O/c1-10-7-20-22-16(18(19)26)14(10)21-13-6-4-5-12-15-11(9-25(3)23-15)8-24(2)17(12)13/h4-7,9H,8H2,1-3H3,(H2,19,26)(H,20,21)/i1D3,2D3. The molecule has 132 valence electrons. The number of amides is 1. The highest BCUT2D eigenvalue weighted by Crippen LogP contribution is 2.43. The average molecular weight is 355 g/mol. The Bertz CT molecular complexity index is 1220. The van der Waals surface area contributed by atoms with E-state index in [-0.39, 0.29) is 29.2 Å². The van der Waals surface area contributed by atoms with Gasteiger partial charge >= 0.3 is 0 Å². The monoisotopic (exact) mass is 355 g/mol. The van der Waals surface area contributed by atoms with Gasteiger partial charge in [0.1, 0.15) is 0 Å². The number of hydrogen-bond acceptors (Lipinski definition) is 6. The fraction of sp³-hybridized carbons (Fsp3) is 0.222. The predicted octanol–water partition coefficient (Wildman–Crippen LogP) is 1.98. The zero-order chi connectivity index (χ0) is 23.4. The highest BCUT2D eigenvalue weighted by molar-refractivity contribution is 5.99. The van der Waals surface area contributed by atoms with Gasteiger partial charge in [-0.05, 0) is 18.5 Å². The molecule has 0 fully saturated rings. The number of carbonyl (C=O) groups excluding carboxylic acids is 1. The number of aromatic nitrogens is 4. The first-order chi connectivity index (χ1) is 14.9. The van der Waals surface area contributed by atoms with Crippen molar-refractivity contribution in [1.82, 2.24) is 20.0 Å². The lowest BCUT2D eigenvalue weighted by Crippen LogP contribution is -2.23. The van der Waals surface area contributed by atoms with Crippen molar-refractivity contribution in [3.05, 3.63) is 47.4 Å². The van der Waals surface area contributed by atoms with E-state index in [0.29, 0.717) is 16.9 Å². The summed E-state index contributed by atoms with van der Waals surface area (Å²) >= 11 is 0. The second kappa shape index (κ2) is 5.83. The maximum absolute atomic E-state index is 12.0. The molecule has 1 aromatic carbocycles. The van der Waals surface area contributed by atoms with Gasteiger partial charge in [-0.25, -0.2) is 0 Å². The lowest BCUT2D eigenvalue weighted by Gasteiger charge is -2.29. The molecule has 1 aliphatic heterocycles. The zero-order valence-corrected chi connectivity index (χ0v) is 13.8. The maximum atomic E-state index is 12.0. The molecule has 0 bridgehead atoms. The Morgan fingerprint density at radius 1 is 1.42 bits per heavy atom. The van der Waals surface area contributed by atoms with Gasteiger partial charge in [-0.2, -0.15) is 10.2 Å². The second-order valence-electron chi connectivity index (χ2n) is 5.94. The normalized spacial score (nSPS) is 16.9. The molecule has 0 radical (unpaired) electrons. The smallest absolute Gasteiger partial charge is 0.271 e. The summed E-state index contributed by atoms with van der Waals surface area (Å²) in [5.41, 5.74) is 7.06. The Hall–Kier alpha value is -3.42. The molecule has 3 heterocycles. The van der Waals surface area contributed by atoms with E-state index in [9.17, 15) is 4.79 Å². The van der Waals surface area contributed by atoms with Crippen molar-refractivity contribution in [1.29, 1.82) is 0 Å². The van der Waals surface area contributed by atoms with Gasteiger partial charge < -0.3 is 16.0 Å². The van der Waals surface area contributed by atoms with E-state index in [2.05, 4.69) is 20.6 Å². The number of nitrogens with zero attached hydrogens (tertiary/aromatic N) is 5. The van der Waals surface area contributed by atoms with Crippen LogP contribution in [-0.4, -0.2) is 32.9 Å². The molecular weight excluding hydrogens is 330 g/mol. The molecule has 1 amide bonds. The van der Waals surface area contributed by atoms with Crippen LogP contribution in [0.2, 0.25) is 0 Å². The third kappa shape index (κ3) is 2.46. The van der Waals surface area contributed by atoms with Crippen LogP contribution >= 0.6 is 0 Å². The van der Waals surface area contributed by atoms with E-state index in [1.165, 1.54) is 4.90 Å². The number of primary amides is 1. The van der Waals surface area contributed by atoms with E-state index in [4.69, 9.17) is 14.0 Å². The molecule has 2 aromatic heterocycles. The predicted molar refractivity (Wildman–Crippen MR) is 99.3 cm³/mol. The van der Waals surface area contributed by atoms with Crippen LogP contribution in [0.4, 0.5) is 17.1 Å². The van der Waals surface area contributed by atoms with Gasteiger partial charge in [0.2, 0.25) is 0 Å². The molecule has 3 aromatic rings. The van der Waals surface area contributed by atoms with Crippen LogP contribution < -0.4 is 16.0 Å². The molecule has 8 nitrogen and oxygen atoms in total. The molecule has 3 N–H and O–H groups in total. The summed E-state index contributed by atoms with van der Waals surface area (Å²) < 4.78 is 49.2. The molecule has 26 heavy (non-hydrogen) atoms. The second-order valence-corrected chi connectivity index (χ2v) is 5.94. The summed E-state index contributed by atoms with van der Waals surface area (Å²) in [5.74, 6) is -0.976. The van der Waals surface area contributed by atoms with Crippen LogP contribution in [0.3, 0.4) is 0 Å². The molecule has 0 spiro atoms. The number of rotatable bonds is 3. The quantitative estimate of drug-likeness (QED) is 0.745. The van der Waals surface area contributed by atoms with Gasteiger partial charge in [-0.3, -0.25) is 9.48 Å². The Morgan fingerprint density at radius 2 is 2.31 bits per heavy atom.